The Morgan fingerprint density at radius 3 is 2.70 bits per heavy atom. The van der Waals surface area contributed by atoms with Crippen LogP contribution in [0.2, 0.25) is 0 Å². The molecule has 1 atom stereocenters. The average Bonchev–Trinajstić information content (AvgIpc) is 3.73. The molecule has 5 aromatic rings. The fourth-order valence-electron chi connectivity index (χ4n) is 4.90. The monoisotopic (exact) mass is 596 g/mol. The second kappa shape index (κ2) is 12.0. The Morgan fingerprint density at radius 1 is 1.07 bits per heavy atom. The molecule has 0 spiro atoms. The van der Waals surface area contributed by atoms with Gasteiger partial charge in [0.05, 0.1) is 29.9 Å². The molecule has 43 heavy (non-hydrogen) atoms. The number of aliphatic hydroxyl groups is 1. The van der Waals surface area contributed by atoms with Gasteiger partial charge in [-0.15, -0.1) is 16.4 Å². The van der Waals surface area contributed by atoms with Gasteiger partial charge in [-0.2, -0.15) is 0 Å². The molecule has 3 aromatic heterocycles. The van der Waals surface area contributed by atoms with E-state index < -0.39 is 6.23 Å². The number of benzene rings is 2. The summed E-state index contributed by atoms with van der Waals surface area (Å²) in [5, 5.41) is 21.9. The van der Waals surface area contributed by atoms with E-state index in [1.807, 2.05) is 13.0 Å². The van der Waals surface area contributed by atoms with Gasteiger partial charge in [0.2, 0.25) is 0 Å². The lowest BCUT2D eigenvalue weighted by Crippen LogP contribution is -2.29. The Labute approximate surface area is 250 Å². The fraction of sp³-hybridized carbons (Fsp3) is 0.194. The van der Waals surface area contributed by atoms with Crippen molar-refractivity contribution in [2.24, 2.45) is 0 Å². The predicted molar refractivity (Wildman–Crippen MR) is 160 cm³/mol. The molecule has 0 aliphatic carbocycles. The van der Waals surface area contributed by atoms with Crippen LogP contribution in [0.25, 0.3) is 11.4 Å². The third-order valence-electron chi connectivity index (χ3n) is 7.05. The first-order valence-corrected chi connectivity index (χ1v) is 14.5. The number of aromatic nitrogens is 4. The Bertz CT molecular complexity index is 1860. The summed E-state index contributed by atoms with van der Waals surface area (Å²) in [5.74, 6) is 0.0455. The second-order valence-corrected chi connectivity index (χ2v) is 11.3. The van der Waals surface area contributed by atoms with Crippen molar-refractivity contribution in [3.63, 3.8) is 0 Å². The molecule has 0 saturated heterocycles. The van der Waals surface area contributed by atoms with Crippen molar-refractivity contribution in [1.82, 2.24) is 29.8 Å². The van der Waals surface area contributed by atoms with Crippen molar-refractivity contribution in [3.8, 4) is 17.1 Å². The lowest BCUT2D eigenvalue weighted by atomic mass is 10.1. The summed E-state index contributed by atoms with van der Waals surface area (Å²) in [4.78, 5) is 40.8. The molecule has 218 valence electrons. The first-order chi connectivity index (χ1) is 20.9. The number of thiophene rings is 1. The van der Waals surface area contributed by atoms with Gasteiger partial charge in [0.25, 0.3) is 17.4 Å². The van der Waals surface area contributed by atoms with E-state index in [0.717, 1.165) is 4.88 Å². The molecule has 2 aromatic carbocycles. The Kier molecular flexibility index (Phi) is 7.86. The predicted octanol–water partition coefficient (Wildman–Crippen LogP) is 3.63. The van der Waals surface area contributed by atoms with Crippen molar-refractivity contribution >= 4 is 23.2 Å². The minimum Gasteiger partial charge on any atom is -0.491 e. The van der Waals surface area contributed by atoms with Crippen LogP contribution in [0.4, 0.5) is 0 Å². The van der Waals surface area contributed by atoms with Gasteiger partial charge in [-0.3, -0.25) is 19.0 Å². The van der Waals surface area contributed by atoms with Gasteiger partial charge in [0.1, 0.15) is 17.1 Å². The molecular formula is C31H28N6O5S. The van der Waals surface area contributed by atoms with Crippen LogP contribution in [0, 0.1) is 6.92 Å². The number of carbonyl (C=O) groups is 2. The van der Waals surface area contributed by atoms with E-state index in [9.17, 15) is 19.5 Å². The van der Waals surface area contributed by atoms with Crippen LogP contribution >= 0.6 is 11.3 Å². The number of hydrogen-bond donors (Lipinski definition) is 2. The van der Waals surface area contributed by atoms with E-state index >= 15 is 0 Å². The Morgan fingerprint density at radius 2 is 1.91 bits per heavy atom. The molecule has 2 N–H and O–H groups in total. The van der Waals surface area contributed by atoms with Crippen molar-refractivity contribution in [1.29, 1.82) is 0 Å². The molecule has 4 heterocycles. The van der Waals surface area contributed by atoms with Gasteiger partial charge in [-0.25, -0.2) is 4.68 Å². The zero-order valence-corrected chi connectivity index (χ0v) is 24.0. The maximum Gasteiger partial charge on any atom is 0.261 e. The number of carbonyl (C=O) groups excluding carboxylic acids is 2. The van der Waals surface area contributed by atoms with E-state index in [1.54, 1.807) is 77.7 Å². The first-order valence-electron chi connectivity index (χ1n) is 13.7. The zero-order valence-electron chi connectivity index (χ0n) is 23.2. The van der Waals surface area contributed by atoms with Crippen LogP contribution in [-0.4, -0.2) is 54.5 Å². The SMILES string of the molecule is Cc1ccc(C(=O)NCc2cn(-c3ccc(-n4ccccc4=O)cc3OCCCN3C(=O)c4ccccc4C3O)nn2)s1. The quantitative estimate of drug-likeness (QED) is 0.235. The number of pyridine rings is 1. The maximum atomic E-state index is 12.8. The van der Waals surface area contributed by atoms with Crippen molar-refractivity contribution in [3.05, 3.63) is 122 Å². The van der Waals surface area contributed by atoms with Crippen LogP contribution in [0.1, 0.15) is 48.8 Å². The third-order valence-corrected chi connectivity index (χ3v) is 8.05. The lowest BCUT2D eigenvalue weighted by molar-refractivity contribution is 0.0158. The highest BCUT2D eigenvalue weighted by atomic mass is 32.1. The summed E-state index contributed by atoms with van der Waals surface area (Å²) in [6.45, 7) is 2.65. The molecule has 11 nitrogen and oxygen atoms in total. The number of nitrogens with zero attached hydrogens (tertiary/aromatic N) is 5. The molecule has 1 unspecified atom stereocenters. The third kappa shape index (κ3) is 5.83. The lowest BCUT2D eigenvalue weighted by Gasteiger charge is -2.21. The van der Waals surface area contributed by atoms with Gasteiger partial charge < -0.3 is 20.1 Å². The highest BCUT2D eigenvalue weighted by Gasteiger charge is 2.34. The molecular weight excluding hydrogens is 568 g/mol. The van der Waals surface area contributed by atoms with E-state index in [0.29, 0.717) is 51.8 Å². The number of rotatable bonds is 10. The van der Waals surface area contributed by atoms with E-state index in [4.69, 9.17) is 4.74 Å². The number of aryl methyl sites for hydroxylation is 1. The molecule has 2 amide bonds. The summed E-state index contributed by atoms with van der Waals surface area (Å²) >= 11 is 1.42. The van der Waals surface area contributed by atoms with Crippen molar-refractivity contribution in [2.45, 2.75) is 26.1 Å². The van der Waals surface area contributed by atoms with Crippen LogP contribution in [0.5, 0.6) is 5.75 Å². The van der Waals surface area contributed by atoms with Gasteiger partial charge in [0.15, 0.2) is 6.23 Å². The Balaban J connectivity index is 1.18. The molecule has 0 bridgehead atoms. The summed E-state index contributed by atoms with van der Waals surface area (Å²) in [6, 6.07) is 20.9. The van der Waals surface area contributed by atoms with Crippen LogP contribution in [0.15, 0.2) is 90.0 Å². The van der Waals surface area contributed by atoms with Gasteiger partial charge in [0, 0.05) is 40.9 Å². The first kappa shape index (κ1) is 28.1. The van der Waals surface area contributed by atoms with E-state index in [-0.39, 0.29) is 30.5 Å². The van der Waals surface area contributed by atoms with Crippen molar-refractivity contribution in [2.75, 3.05) is 13.2 Å². The number of aliphatic hydroxyl groups excluding tert-OH is 1. The number of ether oxygens (including phenoxy) is 1. The summed E-state index contributed by atoms with van der Waals surface area (Å²) in [6.07, 6.45) is 2.82. The second-order valence-electron chi connectivity index (χ2n) is 9.97. The Hall–Kier alpha value is -5.07. The highest BCUT2D eigenvalue weighted by molar-refractivity contribution is 7.13. The number of amides is 2. The van der Waals surface area contributed by atoms with Gasteiger partial charge in [-0.1, -0.05) is 29.5 Å². The standard InChI is InChI=1S/C31H28N6O5S/c1-20-10-13-27(43-20)29(39)32-18-21-19-37(34-33-21)25-12-11-22(35-14-5-4-9-28(35)38)17-26(25)42-16-6-15-36-30(40)23-7-2-3-8-24(23)31(36)41/h2-5,7-14,17,19,30,40H,6,15-16,18H2,1H3,(H,32,39). The minimum atomic E-state index is -0.995. The molecule has 0 fully saturated rings. The highest BCUT2D eigenvalue weighted by Crippen LogP contribution is 2.31. The number of nitrogens with one attached hydrogen (secondary N) is 1. The van der Waals surface area contributed by atoms with Crippen LogP contribution in [0.3, 0.4) is 0 Å². The van der Waals surface area contributed by atoms with Crippen LogP contribution < -0.4 is 15.6 Å². The number of fused-ring (bicyclic) bond motifs is 1. The molecule has 6 rings (SSSR count). The number of hydrogen-bond acceptors (Lipinski definition) is 8. The van der Waals surface area contributed by atoms with Gasteiger partial charge in [-0.05, 0) is 49.7 Å². The van der Waals surface area contributed by atoms with E-state index in [2.05, 4.69) is 15.6 Å². The minimum absolute atomic E-state index is 0.181. The van der Waals surface area contributed by atoms with Gasteiger partial charge >= 0.3 is 0 Å². The maximum absolute atomic E-state index is 12.8. The fourth-order valence-corrected chi connectivity index (χ4v) is 5.69. The largest absolute Gasteiger partial charge is 0.491 e. The topological polar surface area (TPSA) is 132 Å². The molecule has 0 radical (unpaired) electrons. The zero-order chi connectivity index (χ0) is 29.9. The molecule has 0 saturated carbocycles. The van der Waals surface area contributed by atoms with Crippen molar-refractivity contribution < 1.29 is 19.4 Å². The summed E-state index contributed by atoms with van der Waals surface area (Å²) in [5.41, 5.74) is 2.64. The van der Waals surface area contributed by atoms with Crippen LogP contribution in [-0.2, 0) is 6.54 Å². The molecule has 1 aliphatic heterocycles. The van der Waals surface area contributed by atoms with E-state index in [1.165, 1.54) is 26.9 Å². The molecule has 12 heteroatoms. The molecule has 1 aliphatic rings. The smallest absolute Gasteiger partial charge is 0.261 e. The normalized spacial score (nSPS) is 14.1. The summed E-state index contributed by atoms with van der Waals surface area (Å²) in [7, 11) is 0. The summed E-state index contributed by atoms with van der Waals surface area (Å²) < 4.78 is 9.23. The average molecular weight is 597 g/mol.